The molecule has 0 spiro atoms. The van der Waals surface area contributed by atoms with Gasteiger partial charge >= 0.3 is 0 Å². The van der Waals surface area contributed by atoms with E-state index in [9.17, 15) is 0 Å². The van der Waals surface area contributed by atoms with Crippen LogP contribution in [0.1, 0.15) is 0 Å². The van der Waals surface area contributed by atoms with Gasteiger partial charge in [0.15, 0.2) is 11.5 Å². The summed E-state index contributed by atoms with van der Waals surface area (Å²) in [6.45, 7) is 0. The van der Waals surface area contributed by atoms with E-state index in [0.29, 0.717) is 17.2 Å². The topological polar surface area (TPSA) is 51.5 Å². The van der Waals surface area contributed by atoms with Gasteiger partial charge in [-0.3, -0.25) is 0 Å². The highest BCUT2D eigenvalue weighted by molar-refractivity contribution is 5.51. The molecular weight excluding hydrogens is 170 g/mol. The third-order valence-electron chi connectivity index (χ3n) is 1.52. The van der Waals surface area contributed by atoms with Crippen LogP contribution in [0.15, 0.2) is 18.2 Å². The van der Waals surface area contributed by atoms with Crippen LogP contribution in [-0.2, 0) is 0 Å². The Balaban J connectivity index is 3.12. The molecule has 13 heavy (non-hydrogen) atoms. The number of benzene rings is 1. The van der Waals surface area contributed by atoms with Crippen molar-refractivity contribution >= 4 is 0 Å². The molecule has 0 aromatic heterocycles. The van der Waals surface area contributed by atoms with E-state index >= 15 is 0 Å². The molecule has 1 rings (SSSR count). The van der Waals surface area contributed by atoms with Gasteiger partial charge in [0.1, 0.15) is 0 Å². The lowest BCUT2D eigenvalue weighted by Crippen LogP contribution is -1.93. The minimum Gasteiger partial charge on any atom is -0.493 e. The molecule has 0 radical (unpaired) electrons. The van der Waals surface area contributed by atoms with E-state index in [-0.39, 0.29) is 0 Å². The summed E-state index contributed by atoms with van der Waals surface area (Å²) in [7, 11) is 3.01. The van der Waals surface area contributed by atoms with Gasteiger partial charge in [-0.2, -0.15) is 0 Å². The lowest BCUT2D eigenvalue weighted by atomic mass is 10.3. The Bertz CT molecular complexity index is 330. The van der Waals surface area contributed by atoms with Crippen molar-refractivity contribution in [2.24, 2.45) is 0 Å². The summed E-state index contributed by atoms with van der Waals surface area (Å²) in [5.74, 6) is 1.31. The van der Waals surface area contributed by atoms with E-state index in [0.717, 1.165) is 0 Å². The molecule has 1 aromatic rings. The predicted molar refractivity (Wildman–Crippen MR) is 45.8 cm³/mol. The van der Waals surface area contributed by atoms with Crippen molar-refractivity contribution in [1.29, 1.82) is 5.26 Å². The third kappa shape index (κ3) is 1.82. The minimum absolute atomic E-state index is 0.351. The van der Waals surface area contributed by atoms with Crippen molar-refractivity contribution in [3.05, 3.63) is 18.2 Å². The van der Waals surface area contributed by atoms with Gasteiger partial charge in [-0.1, -0.05) is 6.07 Å². The highest BCUT2D eigenvalue weighted by atomic mass is 16.5. The molecule has 1 aromatic carbocycles. The van der Waals surface area contributed by atoms with E-state index in [1.165, 1.54) is 14.2 Å². The number of hydrogen-bond acceptors (Lipinski definition) is 4. The van der Waals surface area contributed by atoms with Crippen LogP contribution in [-0.4, -0.2) is 14.2 Å². The second kappa shape index (κ2) is 4.21. The van der Waals surface area contributed by atoms with Gasteiger partial charge in [0.2, 0.25) is 5.75 Å². The molecule has 0 aliphatic carbocycles. The van der Waals surface area contributed by atoms with Crippen LogP contribution >= 0.6 is 0 Å². The average Bonchev–Trinajstić information content (AvgIpc) is 2.18. The van der Waals surface area contributed by atoms with E-state index in [2.05, 4.69) is 4.74 Å². The molecule has 0 N–H and O–H groups in total. The number of nitriles is 1. The van der Waals surface area contributed by atoms with E-state index in [1.54, 1.807) is 24.5 Å². The Morgan fingerprint density at radius 2 is 1.85 bits per heavy atom. The highest BCUT2D eigenvalue weighted by Gasteiger charge is 2.09. The van der Waals surface area contributed by atoms with Gasteiger partial charge in [-0.25, -0.2) is 0 Å². The fourth-order valence-electron chi connectivity index (χ4n) is 0.987. The lowest BCUT2D eigenvalue weighted by molar-refractivity contribution is 0.339. The van der Waals surface area contributed by atoms with E-state index in [4.69, 9.17) is 14.7 Å². The first-order valence-corrected chi connectivity index (χ1v) is 3.60. The first-order valence-electron chi connectivity index (χ1n) is 3.60. The van der Waals surface area contributed by atoms with Crippen LogP contribution in [0.25, 0.3) is 0 Å². The average molecular weight is 179 g/mol. The molecule has 4 heteroatoms. The highest BCUT2D eigenvalue weighted by Crippen LogP contribution is 2.36. The molecule has 0 amide bonds. The maximum atomic E-state index is 8.33. The van der Waals surface area contributed by atoms with Gasteiger partial charge in [0.25, 0.3) is 6.26 Å². The second-order valence-corrected chi connectivity index (χ2v) is 2.19. The molecule has 68 valence electrons. The van der Waals surface area contributed by atoms with Gasteiger partial charge in [0, 0.05) is 0 Å². The Hall–Kier alpha value is -1.89. The summed E-state index contributed by atoms with van der Waals surface area (Å²) in [4.78, 5) is 0. The van der Waals surface area contributed by atoms with Crippen molar-refractivity contribution in [2.75, 3.05) is 14.2 Å². The monoisotopic (exact) mass is 179 g/mol. The Kier molecular flexibility index (Phi) is 2.98. The fourth-order valence-corrected chi connectivity index (χ4v) is 0.987. The molecule has 0 saturated carbocycles. The van der Waals surface area contributed by atoms with Crippen molar-refractivity contribution in [1.82, 2.24) is 0 Å². The van der Waals surface area contributed by atoms with Crippen LogP contribution < -0.4 is 14.2 Å². The number of rotatable bonds is 3. The summed E-state index contributed by atoms with van der Waals surface area (Å²) < 4.78 is 14.7. The summed E-state index contributed by atoms with van der Waals surface area (Å²) in [5, 5.41) is 8.33. The quantitative estimate of drug-likeness (QED) is 0.661. The Morgan fingerprint density at radius 1 is 1.15 bits per heavy atom. The third-order valence-corrected chi connectivity index (χ3v) is 1.52. The van der Waals surface area contributed by atoms with E-state index < -0.39 is 0 Å². The van der Waals surface area contributed by atoms with Gasteiger partial charge in [-0.05, 0) is 12.1 Å². The SMILES string of the molecule is COc1cccc(OC#N)c1OC. The normalized spacial score (nSPS) is 8.69. The zero-order valence-corrected chi connectivity index (χ0v) is 7.40. The van der Waals surface area contributed by atoms with Crippen molar-refractivity contribution in [3.8, 4) is 23.5 Å². The van der Waals surface area contributed by atoms with Crippen LogP contribution in [0.2, 0.25) is 0 Å². The number of methoxy groups -OCH3 is 2. The van der Waals surface area contributed by atoms with E-state index in [1.807, 2.05) is 0 Å². The summed E-state index contributed by atoms with van der Waals surface area (Å²) in [5.41, 5.74) is 0. The number of nitrogens with zero attached hydrogens (tertiary/aromatic N) is 1. The number of para-hydroxylation sites is 1. The first kappa shape index (κ1) is 9.20. The zero-order valence-electron chi connectivity index (χ0n) is 7.40. The van der Waals surface area contributed by atoms with Gasteiger partial charge in [-0.15, -0.1) is 5.26 Å². The second-order valence-electron chi connectivity index (χ2n) is 2.19. The van der Waals surface area contributed by atoms with Crippen LogP contribution in [0, 0.1) is 11.5 Å². The van der Waals surface area contributed by atoms with Crippen molar-refractivity contribution < 1.29 is 14.2 Å². The van der Waals surface area contributed by atoms with Gasteiger partial charge in [0.05, 0.1) is 14.2 Å². The molecular formula is C9H9NO3. The molecule has 0 aliphatic heterocycles. The van der Waals surface area contributed by atoms with Crippen molar-refractivity contribution in [3.63, 3.8) is 0 Å². The standard InChI is InChI=1S/C9H9NO3/c1-11-7-4-3-5-8(13-6-10)9(7)12-2/h3-5H,1-2H3. The summed E-state index contributed by atoms with van der Waals surface area (Å²) >= 11 is 0. The van der Waals surface area contributed by atoms with Crippen LogP contribution in [0.3, 0.4) is 0 Å². The molecule has 0 atom stereocenters. The molecule has 0 bridgehead atoms. The van der Waals surface area contributed by atoms with Gasteiger partial charge < -0.3 is 14.2 Å². The molecule has 4 nitrogen and oxygen atoms in total. The molecule has 0 heterocycles. The molecule has 0 saturated heterocycles. The van der Waals surface area contributed by atoms with Crippen molar-refractivity contribution in [2.45, 2.75) is 0 Å². The molecule has 0 unspecified atom stereocenters. The molecule has 0 aliphatic rings. The maximum Gasteiger partial charge on any atom is 0.292 e. The first-order chi connectivity index (χ1) is 6.33. The number of ether oxygens (including phenoxy) is 3. The predicted octanol–water partition coefficient (Wildman–Crippen LogP) is 1.56. The summed E-state index contributed by atoms with van der Waals surface area (Å²) in [6, 6.07) is 5.07. The zero-order chi connectivity index (χ0) is 9.68. The maximum absolute atomic E-state index is 8.33. The Labute approximate surface area is 76.3 Å². The summed E-state index contributed by atoms with van der Waals surface area (Å²) in [6.07, 6.45) is 1.57. The minimum atomic E-state index is 0.351. The smallest absolute Gasteiger partial charge is 0.292 e. The Morgan fingerprint density at radius 3 is 2.38 bits per heavy atom. The number of hydrogen-bond donors (Lipinski definition) is 0. The largest absolute Gasteiger partial charge is 0.493 e. The molecule has 0 fully saturated rings. The van der Waals surface area contributed by atoms with Crippen LogP contribution in [0.5, 0.6) is 17.2 Å². The van der Waals surface area contributed by atoms with Crippen LogP contribution in [0.4, 0.5) is 0 Å². The lowest BCUT2D eigenvalue weighted by Gasteiger charge is -2.08. The fraction of sp³-hybridized carbons (Fsp3) is 0.222.